The van der Waals surface area contributed by atoms with Gasteiger partial charge in [-0.25, -0.2) is 0 Å². The van der Waals surface area contributed by atoms with Crippen LogP contribution in [0.5, 0.6) is 0 Å². The highest BCUT2D eigenvalue weighted by Gasteiger charge is 2.20. The Balaban J connectivity index is 1.83. The van der Waals surface area contributed by atoms with Crippen LogP contribution in [0.2, 0.25) is 0 Å². The Kier molecular flexibility index (Phi) is 4.71. The van der Waals surface area contributed by atoms with Crippen LogP contribution >= 0.6 is 0 Å². The summed E-state index contributed by atoms with van der Waals surface area (Å²) in [6.45, 7) is 2.87. The van der Waals surface area contributed by atoms with E-state index in [9.17, 15) is 4.79 Å². The van der Waals surface area contributed by atoms with Gasteiger partial charge in [-0.05, 0) is 18.2 Å². The first-order valence-corrected chi connectivity index (χ1v) is 7.96. The molecule has 0 saturated carbocycles. The van der Waals surface area contributed by atoms with E-state index >= 15 is 0 Å². The number of nitrogens with zero attached hydrogens (tertiary/aromatic N) is 1. The lowest BCUT2D eigenvalue weighted by molar-refractivity contribution is 0.0745. The van der Waals surface area contributed by atoms with E-state index in [-0.39, 0.29) is 5.91 Å². The molecule has 0 fully saturated rings. The molecule has 0 N–H and O–H groups in total. The minimum absolute atomic E-state index is 0.162. The molecule has 0 bridgehead atoms. The molecule has 0 aliphatic carbocycles. The van der Waals surface area contributed by atoms with Crippen molar-refractivity contribution in [2.75, 3.05) is 14.2 Å². The molecule has 0 aliphatic rings. The highest BCUT2D eigenvalue weighted by molar-refractivity contribution is 5.92. The molecule has 126 valence electrons. The summed E-state index contributed by atoms with van der Waals surface area (Å²) in [6, 6.07) is 11.3. The Morgan fingerprint density at radius 3 is 2.71 bits per heavy atom. The SMILES string of the molecule is CCc1oc2ccccc2c1CN(C)C(=O)c1ccc(COC)o1. The number of para-hydroxylation sites is 1. The second-order valence-electron chi connectivity index (χ2n) is 5.71. The molecular weight excluding hydrogens is 306 g/mol. The molecule has 2 heterocycles. The van der Waals surface area contributed by atoms with E-state index in [2.05, 4.69) is 0 Å². The van der Waals surface area contributed by atoms with Crippen molar-refractivity contribution in [2.45, 2.75) is 26.5 Å². The van der Waals surface area contributed by atoms with Crippen molar-refractivity contribution in [1.82, 2.24) is 4.90 Å². The summed E-state index contributed by atoms with van der Waals surface area (Å²) in [5.41, 5.74) is 1.90. The van der Waals surface area contributed by atoms with Gasteiger partial charge in [0.25, 0.3) is 5.91 Å². The van der Waals surface area contributed by atoms with Gasteiger partial charge in [0, 0.05) is 38.1 Å². The highest BCUT2D eigenvalue weighted by atomic mass is 16.5. The molecule has 3 rings (SSSR count). The summed E-state index contributed by atoms with van der Waals surface area (Å²) in [5, 5.41) is 1.05. The lowest BCUT2D eigenvalue weighted by Gasteiger charge is -2.16. The lowest BCUT2D eigenvalue weighted by Crippen LogP contribution is -2.26. The topological polar surface area (TPSA) is 55.8 Å². The average Bonchev–Trinajstić information content (AvgIpc) is 3.19. The maximum atomic E-state index is 12.6. The van der Waals surface area contributed by atoms with E-state index in [1.165, 1.54) is 0 Å². The Labute approximate surface area is 140 Å². The zero-order valence-corrected chi connectivity index (χ0v) is 14.2. The van der Waals surface area contributed by atoms with Crippen LogP contribution < -0.4 is 0 Å². The van der Waals surface area contributed by atoms with Crippen molar-refractivity contribution in [2.24, 2.45) is 0 Å². The predicted molar refractivity (Wildman–Crippen MR) is 90.8 cm³/mol. The summed E-state index contributed by atoms with van der Waals surface area (Å²) in [4.78, 5) is 14.2. The van der Waals surface area contributed by atoms with Gasteiger partial charge in [-0.3, -0.25) is 4.79 Å². The number of aryl methyl sites for hydroxylation is 1. The summed E-state index contributed by atoms with van der Waals surface area (Å²) in [5.74, 6) is 1.70. The number of ether oxygens (including phenoxy) is 1. The van der Waals surface area contributed by atoms with Gasteiger partial charge in [-0.2, -0.15) is 0 Å². The van der Waals surface area contributed by atoms with E-state index in [1.807, 2.05) is 31.2 Å². The molecule has 5 heteroatoms. The smallest absolute Gasteiger partial charge is 0.289 e. The van der Waals surface area contributed by atoms with Crippen LogP contribution in [0.15, 0.2) is 45.2 Å². The fraction of sp³-hybridized carbons (Fsp3) is 0.316. The molecule has 0 spiro atoms. The number of hydrogen-bond donors (Lipinski definition) is 0. The molecule has 1 aromatic carbocycles. The predicted octanol–water partition coefficient (Wildman–Crippen LogP) is 4.01. The van der Waals surface area contributed by atoms with Crippen molar-refractivity contribution >= 4 is 16.9 Å². The zero-order valence-electron chi connectivity index (χ0n) is 14.2. The van der Waals surface area contributed by atoms with Crippen molar-refractivity contribution < 1.29 is 18.4 Å². The molecule has 0 aliphatic heterocycles. The van der Waals surface area contributed by atoms with E-state index < -0.39 is 0 Å². The maximum absolute atomic E-state index is 12.6. The summed E-state index contributed by atoms with van der Waals surface area (Å²) in [7, 11) is 3.36. The molecular formula is C19H21NO4. The van der Waals surface area contributed by atoms with Gasteiger partial charge in [-0.15, -0.1) is 0 Å². The Bertz CT molecular complexity index is 846. The van der Waals surface area contributed by atoms with Gasteiger partial charge >= 0.3 is 0 Å². The molecule has 0 saturated heterocycles. The van der Waals surface area contributed by atoms with Crippen LogP contribution in [0.4, 0.5) is 0 Å². The standard InChI is InChI=1S/C19H21NO4/c1-4-16-15(14-7-5-6-8-17(14)24-16)11-20(2)19(21)18-10-9-13(23-18)12-22-3/h5-10H,4,11-12H2,1-3H3. The van der Waals surface area contributed by atoms with Gasteiger partial charge in [0.05, 0.1) is 0 Å². The van der Waals surface area contributed by atoms with E-state index in [1.54, 1.807) is 31.2 Å². The number of benzene rings is 1. The third-order valence-electron chi connectivity index (χ3n) is 4.00. The first kappa shape index (κ1) is 16.3. The van der Waals surface area contributed by atoms with Crippen LogP contribution in [0.3, 0.4) is 0 Å². The van der Waals surface area contributed by atoms with Crippen LogP contribution in [0.25, 0.3) is 11.0 Å². The Morgan fingerprint density at radius 2 is 1.96 bits per heavy atom. The molecule has 0 radical (unpaired) electrons. The van der Waals surface area contributed by atoms with Gasteiger partial charge in [0.15, 0.2) is 5.76 Å². The lowest BCUT2D eigenvalue weighted by atomic mass is 10.1. The Morgan fingerprint density at radius 1 is 1.17 bits per heavy atom. The van der Waals surface area contributed by atoms with Gasteiger partial charge in [-0.1, -0.05) is 25.1 Å². The molecule has 2 aromatic heterocycles. The number of furan rings is 2. The quantitative estimate of drug-likeness (QED) is 0.686. The average molecular weight is 327 g/mol. The van der Waals surface area contributed by atoms with Crippen molar-refractivity contribution in [3.63, 3.8) is 0 Å². The highest BCUT2D eigenvalue weighted by Crippen LogP contribution is 2.27. The third kappa shape index (κ3) is 3.08. The largest absolute Gasteiger partial charge is 0.461 e. The maximum Gasteiger partial charge on any atom is 0.289 e. The van der Waals surface area contributed by atoms with Crippen molar-refractivity contribution in [3.05, 3.63) is 59.2 Å². The van der Waals surface area contributed by atoms with Crippen molar-refractivity contribution in [1.29, 1.82) is 0 Å². The second kappa shape index (κ2) is 6.93. The molecule has 0 atom stereocenters. The van der Waals surface area contributed by atoms with Gasteiger partial charge < -0.3 is 18.5 Å². The normalized spacial score (nSPS) is 11.1. The number of rotatable bonds is 6. The van der Waals surface area contributed by atoms with Crippen LogP contribution in [-0.2, 0) is 24.3 Å². The first-order valence-electron chi connectivity index (χ1n) is 7.96. The number of hydrogen-bond acceptors (Lipinski definition) is 4. The monoisotopic (exact) mass is 327 g/mol. The van der Waals surface area contributed by atoms with Crippen LogP contribution in [0.1, 0.15) is 34.6 Å². The number of amides is 1. The summed E-state index contributed by atoms with van der Waals surface area (Å²) < 4.78 is 16.4. The number of carbonyl (C=O) groups excluding carboxylic acids is 1. The van der Waals surface area contributed by atoms with E-state index in [0.29, 0.717) is 24.7 Å². The molecule has 0 unspecified atom stereocenters. The molecule has 5 nitrogen and oxygen atoms in total. The molecule has 24 heavy (non-hydrogen) atoms. The van der Waals surface area contributed by atoms with Crippen LogP contribution in [0, 0.1) is 0 Å². The summed E-state index contributed by atoms with van der Waals surface area (Å²) in [6.07, 6.45) is 0.783. The fourth-order valence-corrected chi connectivity index (χ4v) is 2.82. The number of fused-ring (bicyclic) bond motifs is 1. The fourth-order valence-electron chi connectivity index (χ4n) is 2.82. The van der Waals surface area contributed by atoms with Crippen molar-refractivity contribution in [3.8, 4) is 0 Å². The Hall–Kier alpha value is -2.53. The number of carbonyl (C=O) groups is 1. The summed E-state index contributed by atoms with van der Waals surface area (Å²) >= 11 is 0. The molecule has 1 amide bonds. The van der Waals surface area contributed by atoms with Gasteiger partial charge in [0.2, 0.25) is 0 Å². The number of methoxy groups -OCH3 is 1. The zero-order chi connectivity index (χ0) is 17.1. The van der Waals surface area contributed by atoms with E-state index in [0.717, 1.165) is 28.7 Å². The van der Waals surface area contributed by atoms with E-state index in [4.69, 9.17) is 13.6 Å². The molecule has 3 aromatic rings. The minimum atomic E-state index is -0.162. The first-order chi connectivity index (χ1) is 11.6. The second-order valence-corrected chi connectivity index (χ2v) is 5.71. The van der Waals surface area contributed by atoms with Gasteiger partial charge in [0.1, 0.15) is 23.7 Å². The third-order valence-corrected chi connectivity index (χ3v) is 4.00. The minimum Gasteiger partial charge on any atom is -0.461 e. The van der Waals surface area contributed by atoms with Crippen LogP contribution in [-0.4, -0.2) is 25.0 Å².